The second kappa shape index (κ2) is 4.64. The summed E-state index contributed by atoms with van der Waals surface area (Å²) in [5.41, 5.74) is 1.62. The smallest absolute Gasteiger partial charge is 0.337 e. The predicted molar refractivity (Wildman–Crippen MR) is 71.2 cm³/mol. The van der Waals surface area contributed by atoms with Crippen molar-refractivity contribution in [2.24, 2.45) is 5.92 Å². The summed E-state index contributed by atoms with van der Waals surface area (Å²) in [5.74, 6) is -0.405. The van der Waals surface area contributed by atoms with E-state index < -0.39 is 5.97 Å². The van der Waals surface area contributed by atoms with E-state index in [-0.39, 0.29) is 6.04 Å². The molecule has 0 spiro atoms. The van der Waals surface area contributed by atoms with Gasteiger partial charge in [0.05, 0.1) is 11.6 Å². The first-order chi connectivity index (χ1) is 9.18. The summed E-state index contributed by atoms with van der Waals surface area (Å²) in [6.07, 6.45) is 4.64. The minimum absolute atomic E-state index is 0.263. The van der Waals surface area contributed by atoms with Gasteiger partial charge in [-0.25, -0.2) is 9.48 Å². The number of hydrogen-bond acceptors (Lipinski definition) is 3. The van der Waals surface area contributed by atoms with Crippen molar-refractivity contribution in [3.05, 3.63) is 23.8 Å². The largest absolute Gasteiger partial charge is 0.478 e. The van der Waals surface area contributed by atoms with E-state index in [0.717, 1.165) is 6.42 Å². The zero-order chi connectivity index (χ0) is 13.4. The molecule has 19 heavy (non-hydrogen) atoms. The molecule has 0 radical (unpaired) electrons. The molecule has 1 aliphatic carbocycles. The van der Waals surface area contributed by atoms with Crippen molar-refractivity contribution < 1.29 is 9.90 Å². The van der Waals surface area contributed by atoms with Gasteiger partial charge in [0.2, 0.25) is 0 Å². The van der Waals surface area contributed by atoms with Crippen LogP contribution in [-0.4, -0.2) is 26.1 Å². The van der Waals surface area contributed by atoms with E-state index in [4.69, 9.17) is 0 Å². The van der Waals surface area contributed by atoms with E-state index in [0.29, 0.717) is 22.5 Å². The molecular formula is C14H17N3O2. The summed E-state index contributed by atoms with van der Waals surface area (Å²) in [7, 11) is 0. The average Bonchev–Trinajstić information content (AvgIpc) is 2.82. The highest BCUT2D eigenvalue weighted by molar-refractivity contribution is 6.00. The summed E-state index contributed by atoms with van der Waals surface area (Å²) in [4.78, 5) is 11.4. The van der Waals surface area contributed by atoms with Crippen LogP contribution in [0.1, 0.15) is 49.0 Å². The van der Waals surface area contributed by atoms with Crippen LogP contribution in [0.25, 0.3) is 11.0 Å². The maximum Gasteiger partial charge on any atom is 0.337 e. The highest BCUT2D eigenvalue weighted by Crippen LogP contribution is 2.35. The van der Waals surface area contributed by atoms with E-state index in [1.54, 1.807) is 12.1 Å². The summed E-state index contributed by atoms with van der Waals surface area (Å²) in [6, 6.07) is 5.42. The van der Waals surface area contributed by atoms with Crippen LogP contribution in [0.3, 0.4) is 0 Å². The van der Waals surface area contributed by atoms with Crippen LogP contribution in [0.15, 0.2) is 18.2 Å². The van der Waals surface area contributed by atoms with Gasteiger partial charge < -0.3 is 5.11 Å². The molecule has 0 amide bonds. The van der Waals surface area contributed by atoms with Gasteiger partial charge in [-0.3, -0.25) is 0 Å². The number of carboxylic acids is 1. The summed E-state index contributed by atoms with van der Waals surface area (Å²) in [6.45, 7) is 2.21. The molecule has 100 valence electrons. The third kappa shape index (κ3) is 1.99. The van der Waals surface area contributed by atoms with Crippen molar-refractivity contribution in [2.45, 2.75) is 38.6 Å². The molecule has 0 saturated heterocycles. The Morgan fingerprint density at radius 2 is 2.16 bits per heavy atom. The molecule has 0 bridgehead atoms. The van der Waals surface area contributed by atoms with Crippen molar-refractivity contribution in [3.8, 4) is 0 Å². The first-order valence-electron chi connectivity index (χ1n) is 6.75. The third-order valence-corrected chi connectivity index (χ3v) is 4.10. The lowest BCUT2D eigenvalue weighted by Gasteiger charge is -2.29. The molecule has 1 aromatic carbocycles. The average molecular weight is 259 g/mol. The lowest BCUT2D eigenvalue weighted by atomic mass is 9.86. The fraction of sp³-hybridized carbons (Fsp3) is 0.500. The van der Waals surface area contributed by atoms with Crippen LogP contribution >= 0.6 is 0 Å². The minimum Gasteiger partial charge on any atom is -0.478 e. The van der Waals surface area contributed by atoms with Crippen molar-refractivity contribution >= 4 is 17.0 Å². The van der Waals surface area contributed by atoms with Gasteiger partial charge in [0.1, 0.15) is 11.0 Å². The minimum atomic E-state index is -0.919. The van der Waals surface area contributed by atoms with Gasteiger partial charge in [-0.05, 0) is 30.9 Å². The summed E-state index contributed by atoms with van der Waals surface area (Å²) < 4.78 is 1.84. The number of aromatic nitrogens is 3. The SMILES string of the molecule is CC1CCCCC1n1nnc2cccc(C(=O)O)c21. The van der Waals surface area contributed by atoms with Crippen molar-refractivity contribution in [2.75, 3.05) is 0 Å². The molecule has 1 aromatic heterocycles. The normalized spacial score (nSPS) is 23.6. The summed E-state index contributed by atoms with van der Waals surface area (Å²) in [5, 5.41) is 17.7. The van der Waals surface area contributed by atoms with Crippen molar-refractivity contribution in [1.29, 1.82) is 0 Å². The fourth-order valence-corrected chi connectivity index (χ4v) is 3.06. The Hall–Kier alpha value is -1.91. The van der Waals surface area contributed by atoms with Crippen LogP contribution in [0.5, 0.6) is 0 Å². The number of nitrogens with zero attached hydrogens (tertiary/aromatic N) is 3. The van der Waals surface area contributed by atoms with Gasteiger partial charge in [0.15, 0.2) is 0 Å². The van der Waals surface area contributed by atoms with Crippen LogP contribution in [0.4, 0.5) is 0 Å². The highest BCUT2D eigenvalue weighted by Gasteiger charge is 2.27. The zero-order valence-corrected chi connectivity index (χ0v) is 10.9. The Morgan fingerprint density at radius 1 is 1.37 bits per heavy atom. The maximum absolute atomic E-state index is 11.4. The van der Waals surface area contributed by atoms with Gasteiger partial charge in [0.25, 0.3) is 0 Å². The number of rotatable bonds is 2. The Bertz CT molecular complexity index is 620. The lowest BCUT2D eigenvalue weighted by Crippen LogP contribution is -2.22. The van der Waals surface area contributed by atoms with Crippen LogP contribution in [0, 0.1) is 5.92 Å². The molecule has 0 aliphatic heterocycles. The molecule has 2 atom stereocenters. The second-order valence-electron chi connectivity index (χ2n) is 5.34. The first kappa shape index (κ1) is 12.1. The van der Waals surface area contributed by atoms with Crippen LogP contribution in [-0.2, 0) is 0 Å². The standard InChI is InChI=1S/C14H17N3O2/c1-9-5-2-3-8-12(9)17-13-10(14(18)19)6-4-7-11(13)15-16-17/h4,6-7,9,12H,2-3,5,8H2,1H3,(H,18,19). The van der Waals surface area contributed by atoms with E-state index in [1.807, 2.05) is 10.7 Å². The molecule has 1 fully saturated rings. The molecule has 5 nitrogen and oxygen atoms in total. The molecule has 1 saturated carbocycles. The summed E-state index contributed by atoms with van der Waals surface area (Å²) >= 11 is 0. The monoisotopic (exact) mass is 259 g/mol. The molecule has 3 rings (SSSR count). The third-order valence-electron chi connectivity index (χ3n) is 4.10. The van der Waals surface area contributed by atoms with Gasteiger partial charge in [-0.15, -0.1) is 5.10 Å². The van der Waals surface area contributed by atoms with Crippen LogP contribution < -0.4 is 0 Å². The topological polar surface area (TPSA) is 68.0 Å². The van der Waals surface area contributed by atoms with E-state index in [9.17, 15) is 9.90 Å². The van der Waals surface area contributed by atoms with E-state index >= 15 is 0 Å². The molecule has 2 unspecified atom stereocenters. The lowest BCUT2D eigenvalue weighted by molar-refractivity contribution is 0.0698. The number of fused-ring (bicyclic) bond motifs is 1. The quantitative estimate of drug-likeness (QED) is 0.900. The van der Waals surface area contributed by atoms with Gasteiger partial charge >= 0.3 is 5.97 Å². The molecule has 1 N–H and O–H groups in total. The molecule has 2 aromatic rings. The Kier molecular flexibility index (Phi) is 2.97. The number of hydrogen-bond donors (Lipinski definition) is 1. The first-order valence-corrected chi connectivity index (χ1v) is 6.75. The van der Waals surface area contributed by atoms with Crippen molar-refractivity contribution in [3.63, 3.8) is 0 Å². The van der Waals surface area contributed by atoms with E-state index in [1.165, 1.54) is 19.3 Å². The van der Waals surface area contributed by atoms with E-state index in [2.05, 4.69) is 17.2 Å². The second-order valence-corrected chi connectivity index (χ2v) is 5.34. The highest BCUT2D eigenvalue weighted by atomic mass is 16.4. The number of benzene rings is 1. The Morgan fingerprint density at radius 3 is 2.89 bits per heavy atom. The van der Waals surface area contributed by atoms with Crippen molar-refractivity contribution in [1.82, 2.24) is 15.0 Å². The fourth-order valence-electron chi connectivity index (χ4n) is 3.06. The number of carbonyl (C=O) groups is 1. The molecule has 5 heteroatoms. The predicted octanol–water partition coefficient (Wildman–Crippen LogP) is 2.88. The van der Waals surface area contributed by atoms with Gasteiger partial charge in [-0.1, -0.05) is 31.0 Å². The Balaban J connectivity index is 2.15. The number of aromatic carboxylic acids is 1. The number of para-hydroxylation sites is 1. The van der Waals surface area contributed by atoms with Crippen LogP contribution in [0.2, 0.25) is 0 Å². The van der Waals surface area contributed by atoms with Gasteiger partial charge in [0, 0.05) is 0 Å². The maximum atomic E-state index is 11.4. The zero-order valence-electron chi connectivity index (χ0n) is 10.9. The Labute approximate surface area is 111 Å². The number of carboxylic acid groups (broad SMARTS) is 1. The molecular weight excluding hydrogens is 242 g/mol. The molecule has 1 heterocycles. The van der Waals surface area contributed by atoms with Gasteiger partial charge in [-0.2, -0.15) is 0 Å². The molecule has 1 aliphatic rings.